The Morgan fingerprint density at radius 1 is 0.411 bits per heavy atom. The molecule has 0 N–H and O–H groups in total. The van der Waals surface area contributed by atoms with Crippen LogP contribution in [0.15, 0.2) is 197 Å². The van der Waals surface area contributed by atoms with Gasteiger partial charge < -0.3 is 13.7 Å². The average molecular weight is 718 g/mol. The van der Waals surface area contributed by atoms with Crippen molar-refractivity contribution in [3.63, 3.8) is 0 Å². The highest BCUT2D eigenvalue weighted by atomic mass is 16.3. The second-order valence-corrected chi connectivity index (χ2v) is 14.4. The molecule has 5 nitrogen and oxygen atoms in total. The van der Waals surface area contributed by atoms with Crippen LogP contribution >= 0.6 is 0 Å². The third kappa shape index (κ3) is 4.64. The van der Waals surface area contributed by atoms with E-state index in [4.69, 9.17) is 13.8 Å². The number of anilines is 3. The normalized spacial score (nSPS) is 11.9. The number of aromatic nitrogens is 2. The zero-order valence-electron chi connectivity index (χ0n) is 30.1. The number of fused-ring (bicyclic) bond motifs is 11. The Hall–Kier alpha value is -7.63. The molecule has 262 valence electrons. The Kier molecular flexibility index (Phi) is 6.56. The number of hydrogen-bond donors (Lipinski definition) is 0. The van der Waals surface area contributed by atoms with Gasteiger partial charge in [0.25, 0.3) is 0 Å². The first-order valence-electron chi connectivity index (χ1n) is 18.9. The van der Waals surface area contributed by atoms with Crippen molar-refractivity contribution < 1.29 is 8.83 Å². The quantitative estimate of drug-likeness (QED) is 0.178. The van der Waals surface area contributed by atoms with Crippen molar-refractivity contribution >= 4 is 93.5 Å². The molecule has 56 heavy (non-hydrogen) atoms. The Bertz CT molecular complexity index is 3330. The van der Waals surface area contributed by atoms with Gasteiger partial charge in [0.05, 0.1) is 11.0 Å². The van der Waals surface area contributed by atoms with E-state index in [0.29, 0.717) is 0 Å². The number of para-hydroxylation sites is 3. The molecule has 9 aromatic carbocycles. The summed E-state index contributed by atoms with van der Waals surface area (Å²) in [5.41, 5.74) is 10.5. The summed E-state index contributed by atoms with van der Waals surface area (Å²) in [6.07, 6.45) is 0. The second-order valence-electron chi connectivity index (χ2n) is 14.4. The first kappa shape index (κ1) is 30.8. The molecule has 5 heteroatoms. The van der Waals surface area contributed by atoms with Crippen LogP contribution in [0, 0.1) is 0 Å². The third-order valence-corrected chi connectivity index (χ3v) is 11.2. The number of benzene rings is 9. The number of hydrogen-bond acceptors (Lipinski definition) is 4. The van der Waals surface area contributed by atoms with Crippen LogP contribution in [0.3, 0.4) is 0 Å². The van der Waals surface area contributed by atoms with Crippen LogP contribution in [0.5, 0.6) is 0 Å². The summed E-state index contributed by atoms with van der Waals surface area (Å²) in [5, 5.41) is 9.23. The van der Waals surface area contributed by atoms with Gasteiger partial charge in [0, 0.05) is 62.0 Å². The van der Waals surface area contributed by atoms with Crippen LogP contribution in [0.25, 0.3) is 93.5 Å². The van der Waals surface area contributed by atoms with Gasteiger partial charge in [0.15, 0.2) is 0 Å². The van der Waals surface area contributed by atoms with Crippen LogP contribution in [-0.4, -0.2) is 9.55 Å². The molecule has 0 amide bonds. The van der Waals surface area contributed by atoms with E-state index in [2.05, 4.69) is 185 Å². The fourth-order valence-electron chi connectivity index (χ4n) is 8.61. The molecule has 0 radical (unpaired) electrons. The van der Waals surface area contributed by atoms with E-state index in [1.165, 1.54) is 21.5 Å². The Morgan fingerprint density at radius 3 is 1.57 bits per heavy atom. The van der Waals surface area contributed by atoms with Crippen molar-refractivity contribution in [3.8, 4) is 17.1 Å². The minimum Gasteiger partial charge on any atom is -0.456 e. The molecule has 0 saturated carbocycles. The standard InChI is InChI=1S/C51H31N3O2/c1-2-12-35(13-3-1)54-44-17-9-8-16-43(44)52-51(54)34-18-22-36(23-19-34)53(37-24-26-41-47(30-37)55-45-28-20-32-10-4-6-14-39(32)49(41)45)38-25-27-42-48(31-38)56-46-29-21-33-11-5-7-15-40(33)50(42)46/h1-31H. The predicted octanol–water partition coefficient (Wildman–Crippen LogP) is 14.3. The monoisotopic (exact) mass is 717 g/mol. The molecule has 0 aliphatic carbocycles. The van der Waals surface area contributed by atoms with Crippen molar-refractivity contribution in [2.45, 2.75) is 0 Å². The SMILES string of the molecule is c1ccc(-n2c(-c3ccc(N(c4ccc5c(c4)oc4ccc6ccccc6c45)c4ccc5c(c4)oc4ccc6ccccc6c45)cc3)nc3ccccc32)cc1. The summed E-state index contributed by atoms with van der Waals surface area (Å²) < 4.78 is 15.4. The minimum atomic E-state index is 0.836. The maximum Gasteiger partial charge on any atom is 0.145 e. The van der Waals surface area contributed by atoms with E-state index in [0.717, 1.165) is 89.0 Å². The van der Waals surface area contributed by atoms with Crippen LogP contribution in [0.1, 0.15) is 0 Å². The maximum atomic E-state index is 6.58. The summed E-state index contributed by atoms with van der Waals surface area (Å²) in [6, 6.07) is 65.9. The van der Waals surface area contributed by atoms with Crippen LogP contribution in [0.2, 0.25) is 0 Å². The molecule has 0 spiro atoms. The van der Waals surface area contributed by atoms with Crippen molar-refractivity contribution in [2.75, 3.05) is 4.90 Å². The van der Waals surface area contributed by atoms with Gasteiger partial charge in [-0.25, -0.2) is 4.98 Å². The second kappa shape index (κ2) is 11.9. The van der Waals surface area contributed by atoms with Crippen molar-refractivity contribution in [3.05, 3.63) is 188 Å². The molecular formula is C51H31N3O2. The molecule has 0 aliphatic rings. The fourth-order valence-corrected chi connectivity index (χ4v) is 8.61. The average Bonchev–Trinajstić information content (AvgIpc) is 3.96. The molecule has 3 aromatic heterocycles. The van der Waals surface area contributed by atoms with Gasteiger partial charge in [0.2, 0.25) is 0 Å². The van der Waals surface area contributed by atoms with Crippen LogP contribution < -0.4 is 4.90 Å². The molecule has 3 heterocycles. The minimum absolute atomic E-state index is 0.836. The van der Waals surface area contributed by atoms with E-state index in [1.807, 2.05) is 12.1 Å². The van der Waals surface area contributed by atoms with Crippen LogP contribution in [0.4, 0.5) is 17.1 Å². The van der Waals surface area contributed by atoms with Gasteiger partial charge in [-0.15, -0.1) is 0 Å². The van der Waals surface area contributed by atoms with E-state index < -0.39 is 0 Å². The van der Waals surface area contributed by atoms with E-state index >= 15 is 0 Å². The maximum absolute atomic E-state index is 6.58. The van der Waals surface area contributed by atoms with E-state index in [9.17, 15) is 0 Å². The van der Waals surface area contributed by atoms with Crippen molar-refractivity contribution in [2.24, 2.45) is 0 Å². The first-order chi connectivity index (χ1) is 27.7. The molecular weight excluding hydrogens is 687 g/mol. The molecule has 0 saturated heterocycles. The van der Waals surface area contributed by atoms with Gasteiger partial charge in [-0.05, 0) is 106 Å². The molecule has 0 aliphatic heterocycles. The highest BCUT2D eigenvalue weighted by Crippen LogP contribution is 2.43. The highest BCUT2D eigenvalue weighted by Gasteiger charge is 2.20. The predicted molar refractivity (Wildman–Crippen MR) is 231 cm³/mol. The lowest BCUT2D eigenvalue weighted by Gasteiger charge is -2.25. The number of furan rings is 2. The molecule has 12 aromatic rings. The Balaban J connectivity index is 1.04. The molecule has 0 unspecified atom stereocenters. The van der Waals surface area contributed by atoms with Gasteiger partial charge in [0.1, 0.15) is 28.2 Å². The van der Waals surface area contributed by atoms with Gasteiger partial charge >= 0.3 is 0 Å². The zero-order valence-corrected chi connectivity index (χ0v) is 30.1. The summed E-state index contributed by atoms with van der Waals surface area (Å²) in [4.78, 5) is 7.40. The summed E-state index contributed by atoms with van der Waals surface area (Å²) >= 11 is 0. The topological polar surface area (TPSA) is 47.3 Å². The lowest BCUT2D eigenvalue weighted by Crippen LogP contribution is -2.09. The summed E-state index contributed by atoms with van der Waals surface area (Å²) in [6.45, 7) is 0. The smallest absolute Gasteiger partial charge is 0.145 e. The van der Waals surface area contributed by atoms with Crippen LogP contribution in [-0.2, 0) is 0 Å². The Morgan fingerprint density at radius 2 is 0.946 bits per heavy atom. The number of nitrogens with zero attached hydrogens (tertiary/aromatic N) is 3. The molecule has 0 bridgehead atoms. The lowest BCUT2D eigenvalue weighted by molar-refractivity contribution is 0.669. The molecule has 12 rings (SSSR count). The van der Waals surface area contributed by atoms with Gasteiger partial charge in [-0.3, -0.25) is 4.57 Å². The molecule has 0 fully saturated rings. The Labute approximate surface area is 320 Å². The number of imidazole rings is 1. The molecule has 0 atom stereocenters. The largest absolute Gasteiger partial charge is 0.456 e. The van der Waals surface area contributed by atoms with E-state index in [1.54, 1.807) is 0 Å². The third-order valence-electron chi connectivity index (χ3n) is 11.2. The first-order valence-corrected chi connectivity index (χ1v) is 18.9. The highest BCUT2D eigenvalue weighted by molar-refractivity contribution is 6.20. The zero-order chi connectivity index (χ0) is 36.7. The lowest BCUT2D eigenvalue weighted by atomic mass is 10.0. The van der Waals surface area contributed by atoms with Gasteiger partial charge in [-0.2, -0.15) is 0 Å². The fraction of sp³-hybridized carbons (Fsp3) is 0. The van der Waals surface area contributed by atoms with E-state index in [-0.39, 0.29) is 0 Å². The van der Waals surface area contributed by atoms with Gasteiger partial charge in [-0.1, -0.05) is 91.0 Å². The number of rotatable bonds is 5. The summed E-state index contributed by atoms with van der Waals surface area (Å²) in [7, 11) is 0. The summed E-state index contributed by atoms with van der Waals surface area (Å²) in [5.74, 6) is 0.891. The van der Waals surface area contributed by atoms with Crippen molar-refractivity contribution in [1.29, 1.82) is 0 Å². The van der Waals surface area contributed by atoms with Crippen molar-refractivity contribution in [1.82, 2.24) is 9.55 Å².